The molecule has 24 nitrogen and oxygen atoms in total. The molecular weight excluding hydrogens is 1070 g/mol. The number of aliphatic hydroxyl groups excluding tert-OH is 1. The smallest absolute Gasteiger partial charge is 0.374 e. The molecule has 2 N–H and O–H groups in total. The zero-order chi connectivity index (χ0) is 58.8. The molecule has 25 heteroatoms. The van der Waals surface area contributed by atoms with Crippen molar-refractivity contribution >= 4 is 79.8 Å². The van der Waals surface area contributed by atoms with Crippen LogP contribution in [0.3, 0.4) is 0 Å². The molecule has 0 fully saturated rings. The largest absolute Gasteiger partial charge is 0.490 e. The summed E-state index contributed by atoms with van der Waals surface area (Å²) < 4.78 is 69.3. The standard InChI is InChI=1S/C31H34NO10.C22H15FO9.2CO2.CH4/c1-7-20-14-22(34)30-26(12-19(32(4,5)6)13-27(30)41-20)39-17-21(40-18(3)33)16-38-24-10-9-11-25-29(24)23(35)15-28(42-25)31(36)37-8-2;23-11-6-17-20(13(25)4-5-29-17)18(7-11)31-10-12(24)9-30-15-2-1-3-16-21(15)14(26)8-19(32-16)22(27)28;2*2-1-3;/h9-15,21H,7-8,16-17H2,1-6H3;1-8,12,24H,9-10H2,(H,27,28);;;1H4/q+1;;;;/i;23-1;;;. The zero-order valence-electron chi connectivity index (χ0n) is 43.4. The molecule has 0 aliphatic heterocycles. The Morgan fingerprint density at radius 2 is 1.11 bits per heavy atom. The van der Waals surface area contributed by atoms with Crippen molar-refractivity contribution in [3.05, 3.63) is 155 Å². The first kappa shape index (κ1) is 63.5. The van der Waals surface area contributed by atoms with Crippen molar-refractivity contribution in [2.75, 3.05) is 54.2 Å². The van der Waals surface area contributed by atoms with E-state index >= 15 is 0 Å². The summed E-state index contributed by atoms with van der Waals surface area (Å²) in [6.07, 6.45) is 0.0629. The van der Waals surface area contributed by atoms with Crippen LogP contribution in [-0.2, 0) is 39.9 Å². The van der Waals surface area contributed by atoms with Gasteiger partial charge in [-0.25, -0.2) is 14.0 Å². The van der Waals surface area contributed by atoms with Crippen LogP contribution in [0, 0.1) is 5.82 Å². The molecule has 0 saturated carbocycles. The number of quaternary nitrogens is 1. The Morgan fingerprint density at radius 1 is 0.617 bits per heavy atom. The fourth-order valence-electron chi connectivity index (χ4n) is 7.37. The highest BCUT2D eigenvalue weighted by Crippen LogP contribution is 2.33. The number of aromatic carboxylic acids is 1. The molecule has 0 aliphatic rings. The molecule has 426 valence electrons. The molecule has 81 heavy (non-hydrogen) atoms. The van der Waals surface area contributed by atoms with Crippen molar-refractivity contribution < 1.29 is 94.3 Å². The average molecular weight is 1130 g/mol. The van der Waals surface area contributed by atoms with Crippen molar-refractivity contribution in [2.24, 2.45) is 0 Å². The van der Waals surface area contributed by atoms with Crippen LogP contribution in [0.15, 0.2) is 128 Å². The summed E-state index contributed by atoms with van der Waals surface area (Å²) in [6, 6.07) is 19.1. The molecule has 0 aliphatic carbocycles. The van der Waals surface area contributed by atoms with Gasteiger partial charge in [0.15, 0.2) is 27.8 Å². The van der Waals surface area contributed by atoms with Crippen molar-refractivity contribution in [3.8, 4) is 23.0 Å². The van der Waals surface area contributed by atoms with Crippen molar-refractivity contribution in [1.29, 1.82) is 0 Å². The minimum absolute atomic E-state index is 0. The van der Waals surface area contributed by atoms with E-state index in [0.717, 1.165) is 42.3 Å². The van der Waals surface area contributed by atoms with Crippen LogP contribution < -0.4 is 45.1 Å². The number of rotatable bonds is 18. The number of carboxylic acids is 1. The maximum absolute atomic E-state index is 13.8. The number of aryl methyl sites for hydroxylation is 1. The first-order valence-corrected chi connectivity index (χ1v) is 23.6. The van der Waals surface area contributed by atoms with Crippen molar-refractivity contribution in [3.63, 3.8) is 0 Å². The number of hydrogen-bond donors (Lipinski definition) is 2. The predicted octanol–water partition coefficient (Wildman–Crippen LogP) is 6.25. The molecular formula is C56H53FNO23+. The summed E-state index contributed by atoms with van der Waals surface area (Å²) in [5, 5.41) is 19.7. The minimum atomic E-state index is -1.39. The molecule has 0 amide bonds. The van der Waals surface area contributed by atoms with Crippen LogP contribution in [0.1, 0.15) is 55.1 Å². The quantitative estimate of drug-likeness (QED) is 0.0708. The van der Waals surface area contributed by atoms with Gasteiger partial charge in [-0.15, -0.1) is 0 Å². The number of hydrogen-bond acceptors (Lipinski definition) is 22. The molecule has 4 heterocycles. The van der Waals surface area contributed by atoms with Gasteiger partial charge in [0.05, 0.1) is 34.0 Å². The van der Waals surface area contributed by atoms with Gasteiger partial charge in [0.25, 0.3) is 0 Å². The number of carbonyl (C=O) groups excluding carboxylic acids is 6. The predicted molar refractivity (Wildman–Crippen MR) is 282 cm³/mol. The van der Waals surface area contributed by atoms with Gasteiger partial charge in [0.1, 0.15) is 117 Å². The van der Waals surface area contributed by atoms with Gasteiger partial charge in [0, 0.05) is 61.9 Å². The van der Waals surface area contributed by atoms with Crippen LogP contribution in [0.4, 0.5) is 10.1 Å². The summed E-state index contributed by atoms with van der Waals surface area (Å²) >= 11 is 0. The fourth-order valence-corrected chi connectivity index (χ4v) is 7.37. The first-order valence-electron chi connectivity index (χ1n) is 23.6. The molecule has 0 bridgehead atoms. The lowest BCUT2D eigenvalue weighted by Gasteiger charge is -2.25. The number of carbonyl (C=O) groups is 3. The molecule has 0 saturated heterocycles. The zero-order valence-corrected chi connectivity index (χ0v) is 43.4. The van der Waals surface area contributed by atoms with E-state index in [4.69, 9.17) is 70.4 Å². The third kappa shape index (κ3) is 16.7. The molecule has 0 spiro atoms. The van der Waals surface area contributed by atoms with Gasteiger partial charge in [-0.1, -0.05) is 26.5 Å². The summed E-state index contributed by atoms with van der Waals surface area (Å²) in [4.78, 5) is 118. The Balaban J connectivity index is 0.000000322. The Labute approximate surface area is 456 Å². The first-order chi connectivity index (χ1) is 38.1. The maximum atomic E-state index is 13.8. The lowest BCUT2D eigenvalue weighted by atomic mass is 10.1. The number of halogens is 1. The van der Waals surface area contributed by atoms with Crippen LogP contribution in [0.2, 0.25) is 0 Å². The van der Waals surface area contributed by atoms with Crippen molar-refractivity contribution in [1.82, 2.24) is 4.48 Å². The highest BCUT2D eigenvalue weighted by Gasteiger charge is 2.24. The van der Waals surface area contributed by atoms with Crippen molar-refractivity contribution in [2.45, 2.75) is 46.8 Å². The Bertz CT molecular complexity index is 3860. The van der Waals surface area contributed by atoms with Crippen LogP contribution >= 0.6 is 0 Å². The maximum Gasteiger partial charge on any atom is 0.374 e. The Hall–Kier alpha value is -10.1. The third-order valence-electron chi connectivity index (χ3n) is 10.8. The van der Waals surface area contributed by atoms with E-state index in [1.807, 2.05) is 34.1 Å². The van der Waals surface area contributed by atoms with Gasteiger partial charge in [-0.3, -0.25) is 28.5 Å². The van der Waals surface area contributed by atoms with Crippen LogP contribution in [0.5, 0.6) is 23.0 Å². The summed E-state index contributed by atoms with van der Waals surface area (Å²) in [7, 11) is 5.91. The highest BCUT2D eigenvalue weighted by atomic mass is 18.2. The van der Waals surface area contributed by atoms with Gasteiger partial charge >= 0.3 is 30.2 Å². The number of ether oxygens (including phenoxy) is 6. The van der Waals surface area contributed by atoms with Gasteiger partial charge in [0.2, 0.25) is 11.5 Å². The molecule has 8 aromatic rings. The topological polar surface area (TPSA) is 336 Å². The Morgan fingerprint density at radius 3 is 1.65 bits per heavy atom. The molecule has 0 radical (unpaired) electrons. The fraction of sp³-hybridized carbons (Fsp3) is 0.268. The lowest BCUT2D eigenvalue weighted by Crippen LogP contribution is -2.35. The number of benzene rings is 4. The second-order valence-corrected chi connectivity index (χ2v) is 17.4. The number of fused-ring (bicyclic) bond motifs is 4. The second kappa shape index (κ2) is 29.1. The average Bonchev–Trinajstić information content (AvgIpc) is 3.40. The van der Waals surface area contributed by atoms with Gasteiger partial charge < -0.3 is 56.3 Å². The minimum Gasteiger partial charge on any atom is -0.490 e. The van der Waals surface area contributed by atoms with Gasteiger partial charge in [-0.05, 0) is 31.2 Å². The number of esters is 2. The number of nitrogens with zero attached hydrogens (tertiary/aromatic N) is 1. The van der Waals surface area contributed by atoms with Gasteiger partial charge in [-0.2, -0.15) is 19.2 Å². The van der Waals surface area contributed by atoms with E-state index in [1.165, 1.54) is 37.3 Å². The van der Waals surface area contributed by atoms with Crippen LogP contribution in [0.25, 0.3) is 43.9 Å². The summed E-state index contributed by atoms with van der Waals surface area (Å²) in [6.45, 7) is 3.92. The van der Waals surface area contributed by atoms with E-state index < -0.39 is 58.0 Å². The number of aliphatic hydroxyl groups is 1. The monoisotopic (exact) mass is 1130 g/mol. The van der Waals surface area contributed by atoms with E-state index in [9.17, 15) is 43.1 Å². The third-order valence-corrected chi connectivity index (χ3v) is 10.8. The van der Waals surface area contributed by atoms with E-state index in [-0.39, 0.29) is 125 Å². The highest BCUT2D eigenvalue weighted by molar-refractivity contribution is 5.91. The number of carboxylic acid groups (broad SMARTS) is 1. The molecule has 2 unspecified atom stereocenters. The summed E-state index contributed by atoms with van der Waals surface area (Å²) in [5.74, 6) is -3.16. The normalized spacial score (nSPS) is 11.3. The van der Waals surface area contributed by atoms with Crippen LogP contribution in [-0.4, -0.2) is 107 Å². The van der Waals surface area contributed by atoms with E-state index in [1.54, 1.807) is 25.1 Å². The second-order valence-electron chi connectivity index (χ2n) is 17.4. The van der Waals surface area contributed by atoms with E-state index in [2.05, 4.69) is 0 Å². The Kier molecular flexibility index (Phi) is 22.8. The molecule has 4 aromatic heterocycles. The SMILES string of the molecule is C.CCOC(=O)c1cc(=O)c2c(OCC(COc3cc([N+](C)(C)C)cc4oc(CC)cc(=O)c34)OC(C)=O)cccc2o1.O=C(O)c1cc(=O)c2c(OCC(O)COc3cc([18F])cc4occc(=O)c34)cccc2o1.O=C=O.O=C=O. The molecule has 4 aromatic carbocycles. The molecule has 2 atom stereocenters. The van der Waals surface area contributed by atoms with E-state index in [0.29, 0.717) is 22.2 Å². The molecule has 8 rings (SSSR count). The summed E-state index contributed by atoms with van der Waals surface area (Å²) in [5.41, 5.74) is -0.442. The lowest BCUT2D eigenvalue weighted by molar-refractivity contribution is -0.193.